The minimum atomic E-state index is -1.48. The van der Waals surface area contributed by atoms with Gasteiger partial charge in [-0.05, 0) is 69.1 Å². The number of aliphatic hydroxyl groups is 1. The van der Waals surface area contributed by atoms with Crippen molar-refractivity contribution >= 4 is 35.5 Å². The molecule has 6 atom stereocenters. The second kappa shape index (κ2) is 31.1. The van der Waals surface area contributed by atoms with Crippen LogP contribution in [0, 0.1) is 0 Å². The first-order valence-electron chi connectivity index (χ1n) is 25.1. The van der Waals surface area contributed by atoms with Crippen molar-refractivity contribution in [2.75, 3.05) is 48.1 Å². The number of likely N-dealkylation sites (N-methyl/N-ethyl adjacent to an activating group) is 2. The molecule has 4 bridgehead atoms. The van der Waals surface area contributed by atoms with Gasteiger partial charge < -0.3 is 50.6 Å². The van der Waals surface area contributed by atoms with Gasteiger partial charge in [-0.15, -0.1) is 0 Å². The Hall–Kier alpha value is -5.26. The molecular weight excluding hydrogens is 885 g/mol. The Labute approximate surface area is 410 Å². The first-order chi connectivity index (χ1) is 33.1. The average molecular weight is 967 g/mol. The van der Waals surface area contributed by atoms with Crippen molar-refractivity contribution in [1.82, 2.24) is 31.1 Å². The average Bonchev–Trinajstić information content (AvgIpc) is 3.33. The van der Waals surface area contributed by atoms with E-state index >= 15 is 0 Å². The van der Waals surface area contributed by atoms with Crippen LogP contribution in [0.5, 0.6) is 11.5 Å². The first-order valence-corrected chi connectivity index (χ1v) is 25.1. The van der Waals surface area contributed by atoms with E-state index in [2.05, 4.69) is 28.2 Å². The third-order valence-corrected chi connectivity index (χ3v) is 12.8. The van der Waals surface area contributed by atoms with Crippen molar-refractivity contribution in [3.8, 4) is 22.6 Å². The molecule has 3 rings (SSSR count). The predicted molar refractivity (Wildman–Crippen MR) is 266 cm³/mol. The van der Waals surface area contributed by atoms with Crippen LogP contribution < -0.4 is 30.7 Å². The number of methoxy groups -OCH3 is 2. The van der Waals surface area contributed by atoms with Gasteiger partial charge in [0.1, 0.15) is 47.9 Å². The number of carbonyl (C=O) groups is 6. The van der Waals surface area contributed by atoms with Gasteiger partial charge in [0.25, 0.3) is 0 Å². The molecule has 0 aliphatic carbocycles. The van der Waals surface area contributed by atoms with Crippen molar-refractivity contribution in [1.29, 1.82) is 0 Å². The van der Waals surface area contributed by atoms with E-state index in [9.17, 15) is 39.0 Å². The highest BCUT2D eigenvalue weighted by molar-refractivity contribution is 5.93. The lowest BCUT2D eigenvalue weighted by Crippen LogP contribution is -2.56. The van der Waals surface area contributed by atoms with Crippen LogP contribution >= 0.6 is 0 Å². The topological polar surface area (TPSA) is 225 Å². The third-order valence-electron chi connectivity index (χ3n) is 12.8. The molecule has 0 radical (unpaired) electrons. The molecule has 2 aromatic carbocycles. The van der Waals surface area contributed by atoms with Gasteiger partial charge in [-0.3, -0.25) is 28.9 Å². The summed E-state index contributed by atoms with van der Waals surface area (Å²) in [6, 6.07) is 4.28. The summed E-state index contributed by atoms with van der Waals surface area (Å²) in [5, 5.41) is 32.1. The molecule has 2 aromatic rings. The maximum absolute atomic E-state index is 14.2. The fraction of sp³-hybridized carbons (Fsp3) is 0.654. The number of unbranched alkanes of at least 4 members (excludes halogenated alkanes) is 13. The van der Waals surface area contributed by atoms with Crippen molar-refractivity contribution < 1.29 is 53.2 Å². The number of hydrogen-bond acceptors (Lipinski definition) is 11. The van der Waals surface area contributed by atoms with E-state index in [0.29, 0.717) is 53.2 Å². The van der Waals surface area contributed by atoms with Crippen LogP contribution in [0.2, 0.25) is 0 Å². The molecule has 17 heteroatoms. The number of nitrogens with zero attached hydrogens (tertiary/aromatic N) is 2. The molecular formula is C52H82N6O11. The second-order valence-corrected chi connectivity index (χ2v) is 18.3. The molecule has 1 aliphatic rings. The molecule has 1 heterocycles. The van der Waals surface area contributed by atoms with Crippen LogP contribution in [0.3, 0.4) is 0 Å². The number of ether oxygens (including phenoxy) is 3. The zero-order valence-corrected chi connectivity index (χ0v) is 42.5. The number of rotatable bonds is 30. The number of amides is 5. The van der Waals surface area contributed by atoms with E-state index in [4.69, 9.17) is 14.2 Å². The Morgan fingerprint density at radius 2 is 1.33 bits per heavy atom. The molecule has 6 N–H and O–H groups in total. The smallest absolute Gasteiger partial charge is 0.326 e. The van der Waals surface area contributed by atoms with Crippen molar-refractivity contribution in [3.05, 3.63) is 47.5 Å². The number of fused-ring (bicyclic) bond motifs is 5. The van der Waals surface area contributed by atoms with Crippen LogP contribution in [-0.2, 0) is 39.9 Å². The Morgan fingerprint density at radius 3 is 1.91 bits per heavy atom. The predicted octanol–water partition coefficient (Wildman–Crippen LogP) is 6.04. The molecule has 386 valence electrons. The third kappa shape index (κ3) is 18.9. The SMILES string of the molecule is CCCCCCCCCCCCCCCC(=O)N(C)[C@H](COCCCC)C(=O)N[C@H](C)C(=O)NCC(O)N(C)[C@@H]1C(=O)N[C@@H](C)C(=O)N[C@H](C(=O)O)Cc2ccc(OC)c(c2)-c2cc1ccc2OC. The maximum atomic E-state index is 14.2. The zero-order valence-electron chi connectivity index (χ0n) is 42.5. The Balaban J connectivity index is 1.70. The summed E-state index contributed by atoms with van der Waals surface area (Å²) in [7, 11) is 6.02. The molecule has 1 unspecified atom stereocenters. The fourth-order valence-corrected chi connectivity index (χ4v) is 8.35. The summed E-state index contributed by atoms with van der Waals surface area (Å²) < 4.78 is 17.2. The van der Waals surface area contributed by atoms with Gasteiger partial charge in [0, 0.05) is 37.6 Å². The van der Waals surface area contributed by atoms with E-state index in [0.717, 1.165) is 32.1 Å². The molecule has 0 saturated heterocycles. The fourth-order valence-electron chi connectivity index (χ4n) is 8.35. The van der Waals surface area contributed by atoms with Crippen molar-refractivity contribution in [2.45, 2.75) is 173 Å². The molecule has 0 aromatic heterocycles. The number of carbonyl (C=O) groups excluding carboxylic acids is 5. The number of carboxylic acid groups (broad SMARTS) is 1. The Bertz CT molecular complexity index is 1950. The van der Waals surface area contributed by atoms with Gasteiger partial charge >= 0.3 is 5.97 Å². The maximum Gasteiger partial charge on any atom is 0.326 e. The number of aliphatic hydroxyl groups excluding tert-OH is 1. The molecule has 17 nitrogen and oxygen atoms in total. The van der Waals surface area contributed by atoms with Gasteiger partial charge in [-0.2, -0.15) is 0 Å². The molecule has 0 saturated carbocycles. The van der Waals surface area contributed by atoms with Crippen molar-refractivity contribution in [2.24, 2.45) is 0 Å². The standard InChI is InChI=1S/C52H82N6O11/c1-9-11-13-14-15-16-17-18-19-20-21-22-23-24-45(59)57(5)42(34-69-29-12-10-2)50(63)54-35(3)48(61)53-33-46(60)58(6)47-38-26-28-44(68-8)40(32-38)39-30-37(25-27-43(39)67-7)31-41(52(65)66)56-49(62)36(4)55-51(47)64/h25-28,30,32,35-36,41-42,46-47,60H,9-24,29,31,33-34H2,1-8H3,(H,53,61)(H,54,63)(H,55,64)(H,56,62)(H,65,66)/t35-,36+,41+,42-,46?,47+/m1/s1. The largest absolute Gasteiger partial charge is 0.496 e. The number of aliphatic carboxylic acids is 1. The molecule has 69 heavy (non-hydrogen) atoms. The number of hydrogen-bond donors (Lipinski definition) is 6. The summed E-state index contributed by atoms with van der Waals surface area (Å²) in [6.45, 7) is 7.16. The lowest BCUT2D eigenvalue weighted by Gasteiger charge is -2.33. The normalized spacial score (nSPS) is 17.4. The minimum absolute atomic E-state index is 0.0420. The Kier molecular flexibility index (Phi) is 26.1. The van der Waals surface area contributed by atoms with E-state index in [1.54, 1.807) is 43.4 Å². The summed E-state index contributed by atoms with van der Waals surface area (Å²) in [5.74, 6) is -3.22. The lowest BCUT2D eigenvalue weighted by atomic mass is 9.93. The minimum Gasteiger partial charge on any atom is -0.496 e. The highest BCUT2D eigenvalue weighted by atomic mass is 16.5. The van der Waals surface area contributed by atoms with E-state index in [-0.39, 0.29) is 25.5 Å². The van der Waals surface area contributed by atoms with Crippen molar-refractivity contribution in [3.63, 3.8) is 0 Å². The zero-order chi connectivity index (χ0) is 50.9. The van der Waals surface area contributed by atoms with E-state index in [1.807, 2.05) is 6.92 Å². The van der Waals surface area contributed by atoms with E-state index in [1.165, 1.54) is 103 Å². The summed E-state index contributed by atoms with van der Waals surface area (Å²) in [4.78, 5) is 83.0. The van der Waals surface area contributed by atoms with Gasteiger partial charge in [0.15, 0.2) is 0 Å². The highest BCUT2D eigenvalue weighted by Crippen LogP contribution is 2.40. The van der Waals surface area contributed by atoms with Gasteiger partial charge in [0.2, 0.25) is 29.5 Å². The Morgan fingerprint density at radius 1 is 0.768 bits per heavy atom. The molecule has 0 spiro atoms. The monoisotopic (exact) mass is 967 g/mol. The summed E-state index contributed by atoms with van der Waals surface area (Å²) >= 11 is 0. The van der Waals surface area contributed by atoms with Crippen LogP contribution in [-0.4, -0.2) is 134 Å². The molecule has 0 fully saturated rings. The summed E-state index contributed by atoms with van der Waals surface area (Å²) in [6.07, 6.45) is 15.9. The van der Waals surface area contributed by atoms with Gasteiger partial charge in [-0.25, -0.2) is 4.79 Å². The van der Waals surface area contributed by atoms with Crippen LogP contribution in [0.15, 0.2) is 36.4 Å². The van der Waals surface area contributed by atoms with E-state index < -0.39 is 66.0 Å². The quantitative estimate of drug-likeness (QED) is 0.0390. The number of benzene rings is 2. The van der Waals surface area contributed by atoms with Gasteiger partial charge in [0.05, 0.1) is 27.4 Å². The first kappa shape index (κ1) is 58.1. The van der Waals surface area contributed by atoms with Crippen LogP contribution in [0.1, 0.15) is 148 Å². The number of carboxylic acids is 1. The lowest BCUT2D eigenvalue weighted by molar-refractivity contribution is -0.142. The van der Waals surface area contributed by atoms with Crippen LogP contribution in [0.4, 0.5) is 0 Å². The highest BCUT2D eigenvalue weighted by Gasteiger charge is 2.35. The van der Waals surface area contributed by atoms with Crippen LogP contribution in [0.25, 0.3) is 11.1 Å². The summed E-state index contributed by atoms with van der Waals surface area (Å²) in [5.41, 5.74) is 2.01. The van der Waals surface area contributed by atoms with Gasteiger partial charge in [-0.1, -0.05) is 109 Å². The second-order valence-electron chi connectivity index (χ2n) is 18.3. The molecule has 1 aliphatic heterocycles. The molecule has 5 amide bonds. The number of nitrogens with one attached hydrogen (secondary N) is 4.